The molecule has 1 aliphatic carbocycles. The van der Waals surface area contributed by atoms with Crippen molar-refractivity contribution in [1.82, 2.24) is 10.3 Å². The fourth-order valence-corrected chi connectivity index (χ4v) is 2.63. The number of hydrogen-bond acceptors (Lipinski definition) is 5. The van der Waals surface area contributed by atoms with Crippen molar-refractivity contribution in [3.63, 3.8) is 0 Å². The van der Waals surface area contributed by atoms with Gasteiger partial charge in [0.1, 0.15) is 5.69 Å². The lowest BCUT2D eigenvalue weighted by Crippen LogP contribution is -2.61. The summed E-state index contributed by atoms with van der Waals surface area (Å²) >= 11 is 0. The van der Waals surface area contributed by atoms with Crippen LogP contribution in [0.15, 0.2) is 24.4 Å². The van der Waals surface area contributed by atoms with E-state index in [1.54, 1.807) is 12.1 Å². The number of hydrogen-bond donors (Lipinski definition) is 1. The normalized spacial score (nSPS) is 29.2. The predicted molar refractivity (Wildman–Crippen MR) is 62.7 cm³/mol. The van der Waals surface area contributed by atoms with Gasteiger partial charge in [0.2, 0.25) is 0 Å². The van der Waals surface area contributed by atoms with E-state index >= 15 is 0 Å². The maximum Gasteiger partial charge on any atom is 0.364 e. The first-order valence-electron chi connectivity index (χ1n) is 6.17. The number of rotatable bonds is 2. The summed E-state index contributed by atoms with van der Waals surface area (Å²) in [5.41, 5.74) is 0.168. The second-order valence-corrected chi connectivity index (χ2v) is 4.81. The number of nitrogens with zero attached hydrogens (tertiary/aromatic N) is 1. The lowest BCUT2D eigenvalue weighted by molar-refractivity contribution is -0.147. The molecule has 3 aliphatic rings. The SMILES string of the molecule is O=C(OC(=O)C1CCC2CC1N2)c1ccccn1. The van der Waals surface area contributed by atoms with Gasteiger partial charge < -0.3 is 10.1 Å². The Kier molecular flexibility index (Phi) is 2.83. The molecule has 5 nitrogen and oxygen atoms in total. The van der Waals surface area contributed by atoms with Crippen molar-refractivity contribution in [3.05, 3.63) is 30.1 Å². The Morgan fingerprint density at radius 1 is 1.33 bits per heavy atom. The highest BCUT2D eigenvalue weighted by Crippen LogP contribution is 2.33. The average Bonchev–Trinajstić information content (AvgIpc) is 2.39. The molecule has 2 aliphatic heterocycles. The zero-order valence-electron chi connectivity index (χ0n) is 9.83. The lowest BCUT2D eigenvalue weighted by atomic mass is 9.75. The van der Waals surface area contributed by atoms with Crippen LogP contribution in [0.4, 0.5) is 0 Å². The summed E-state index contributed by atoms with van der Waals surface area (Å²) in [6.07, 6.45) is 4.29. The van der Waals surface area contributed by atoms with E-state index < -0.39 is 11.9 Å². The van der Waals surface area contributed by atoms with Crippen LogP contribution in [-0.2, 0) is 9.53 Å². The van der Waals surface area contributed by atoms with E-state index in [0.29, 0.717) is 6.04 Å². The van der Waals surface area contributed by atoms with Gasteiger partial charge in [-0.1, -0.05) is 6.07 Å². The smallest absolute Gasteiger partial charge is 0.364 e. The van der Waals surface area contributed by atoms with Gasteiger partial charge in [-0.2, -0.15) is 0 Å². The molecule has 2 bridgehead atoms. The Balaban J connectivity index is 1.62. The Hall–Kier alpha value is -1.75. The van der Waals surface area contributed by atoms with Crippen LogP contribution in [-0.4, -0.2) is 29.0 Å². The number of piperidine rings is 1. The van der Waals surface area contributed by atoms with Gasteiger partial charge in [0.25, 0.3) is 0 Å². The zero-order valence-corrected chi connectivity index (χ0v) is 9.83. The highest BCUT2D eigenvalue weighted by molar-refractivity contribution is 5.96. The second-order valence-electron chi connectivity index (χ2n) is 4.81. The van der Waals surface area contributed by atoms with E-state index in [4.69, 9.17) is 4.74 Å². The first-order chi connectivity index (χ1) is 8.74. The highest BCUT2D eigenvalue weighted by atomic mass is 16.6. The first-order valence-corrected chi connectivity index (χ1v) is 6.17. The molecule has 5 heteroatoms. The van der Waals surface area contributed by atoms with Gasteiger partial charge in [-0.25, -0.2) is 9.78 Å². The van der Waals surface area contributed by atoms with Crippen molar-refractivity contribution >= 4 is 11.9 Å². The molecule has 0 spiro atoms. The number of nitrogens with one attached hydrogen (secondary N) is 1. The molecule has 3 heterocycles. The summed E-state index contributed by atoms with van der Waals surface area (Å²) in [5, 5.41) is 3.30. The molecule has 18 heavy (non-hydrogen) atoms. The minimum absolute atomic E-state index is 0.168. The maximum absolute atomic E-state index is 11.9. The van der Waals surface area contributed by atoms with Crippen molar-refractivity contribution < 1.29 is 14.3 Å². The van der Waals surface area contributed by atoms with Crippen molar-refractivity contribution in [2.24, 2.45) is 5.92 Å². The summed E-state index contributed by atoms with van der Waals surface area (Å²) in [6, 6.07) is 5.68. The van der Waals surface area contributed by atoms with E-state index in [1.165, 1.54) is 12.3 Å². The molecule has 1 aromatic rings. The molecule has 3 atom stereocenters. The van der Waals surface area contributed by atoms with E-state index in [9.17, 15) is 9.59 Å². The molecule has 0 radical (unpaired) electrons. The van der Waals surface area contributed by atoms with Crippen LogP contribution in [0.5, 0.6) is 0 Å². The van der Waals surface area contributed by atoms with Gasteiger partial charge in [0.15, 0.2) is 0 Å². The molecule has 1 aromatic heterocycles. The number of ether oxygens (including phenoxy) is 1. The summed E-state index contributed by atoms with van der Waals surface area (Å²) in [4.78, 5) is 27.5. The monoisotopic (exact) mass is 246 g/mol. The topological polar surface area (TPSA) is 68.3 Å². The van der Waals surface area contributed by atoms with Crippen LogP contribution in [0.25, 0.3) is 0 Å². The van der Waals surface area contributed by atoms with Gasteiger partial charge in [0, 0.05) is 18.3 Å². The van der Waals surface area contributed by atoms with Crippen LogP contribution in [0, 0.1) is 5.92 Å². The number of aromatic nitrogens is 1. The van der Waals surface area contributed by atoms with Crippen molar-refractivity contribution in [1.29, 1.82) is 0 Å². The minimum Gasteiger partial charge on any atom is -0.388 e. The number of carbonyl (C=O) groups excluding carboxylic acids is 2. The maximum atomic E-state index is 11.9. The van der Waals surface area contributed by atoms with Gasteiger partial charge in [-0.05, 0) is 31.4 Å². The quantitative estimate of drug-likeness (QED) is 0.620. The van der Waals surface area contributed by atoms with Crippen molar-refractivity contribution in [3.8, 4) is 0 Å². The molecule has 2 saturated heterocycles. The molecule has 94 valence electrons. The summed E-state index contributed by atoms with van der Waals surface area (Å²) in [7, 11) is 0. The van der Waals surface area contributed by atoms with Crippen LogP contribution >= 0.6 is 0 Å². The number of esters is 2. The lowest BCUT2D eigenvalue weighted by Gasteiger charge is -2.46. The Morgan fingerprint density at radius 3 is 2.78 bits per heavy atom. The predicted octanol–water partition coefficient (Wildman–Crippen LogP) is 0.905. The van der Waals surface area contributed by atoms with Crippen molar-refractivity contribution in [2.75, 3.05) is 0 Å². The third kappa shape index (κ3) is 2.01. The van der Waals surface area contributed by atoms with Gasteiger partial charge in [0.05, 0.1) is 5.92 Å². The zero-order chi connectivity index (χ0) is 12.5. The molecule has 3 unspecified atom stereocenters. The fourth-order valence-electron chi connectivity index (χ4n) is 2.63. The molecule has 0 aromatic carbocycles. The Morgan fingerprint density at radius 2 is 2.17 bits per heavy atom. The second kappa shape index (κ2) is 4.49. The average molecular weight is 246 g/mol. The summed E-state index contributed by atoms with van der Waals surface area (Å²) < 4.78 is 4.89. The van der Waals surface area contributed by atoms with Crippen molar-refractivity contribution in [2.45, 2.75) is 31.3 Å². The van der Waals surface area contributed by atoms with Gasteiger partial charge >= 0.3 is 11.9 Å². The van der Waals surface area contributed by atoms with Crippen LogP contribution in [0.1, 0.15) is 29.8 Å². The number of fused-ring (bicyclic) bond motifs is 2. The molecular formula is C13H14N2O3. The van der Waals surface area contributed by atoms with E-state index in [1.807, 2.05) is 0 Å². The van der Waals surface area contributed by atoms with E-state index in [2.05, 4.69) is 10.3 Å². The summed E-state index contributed by atoms with van der Waals surface area (Å²) in [5.74, 6) is -1.29. The molecule has 1 N–H and O–H groups in total. The highest BCUT2D eigenvalue weighted by Gasteiger charge is 2.44. The van der Waals surface area contributed by atoms with Crippen LogP contribution in [0.2, 0.25) is 0 Å². The summed E-state index contributed by atoms with van der Waals surface area (Å²) in [6.45, 7) is 0. The standard InChI is InChI=1S/C13H14N2O3/c16-12(9-5-4-8-7-11(9)15-8)18-13(17)10-3-1-2-6-14-10/h1-3,6,8-9,11,15H,4-5,7H2. The Labute approximate surface area is 105 Å². The largest absolute Gasteiger partial charge is 0.388 e. The Bertz CT molecular complexity index is 466. The number of pyridine rings is 1. The van der Waals surface area contributed by atoms with Crippen LogP contribution in [0.3, 0.4) is 0 Å². The third-order valence-corrected chi connectivity index (χ3v) is 3.67. The van der Waals surface area contributed by atoms with Gasteiger partial charge in [-0.3, -0.25) is 4.79 Å². The minimum atomic E-state index is -0.665. The van der Waals surface area contributed by atoms with E-state index in [0.717, 1.165) is 19.3 Å². The molecular weight excluding hydrogens is 232 g/mol. The fraction of sp³-hybridized carbons (Fsp3) is 0.462. The van der Waals surface area contributed by atoms with Crippen LogP contribution < -0.4 is 5.32 Å². The molecule has 0 amide bonds. The first kappa shape index (κ1) is 11.3. The molecule has 1 saturated carbocycles. The molecule has 4 rings (SSSR count). The molecule has 3 fully saturated rings. The van der Waals surface area contributed by atoms with Gasteiger partial charge in [-0.15, -0.1) is 0 Å². The third-order valence-electron chi connectivity index (χ3n) is 3.67. The van der Waals surface area contributed by atoms with E-state index in [-0.39, 0.29) is 17.7 Å². The number of carbonyl (C=O) groups is 2.